The van der Waals surface area contributed by atoms with Crippen molar-refractivity contribution in [2.24, 2.45) is 11.8 Å². The smallest absolute Gasteiger partial charge is 0.0512 e. The van der Waals surface area contributed by atoms with Gasteiger partial charge in [0.05, 0.1) is 6.10 Å². The van der Waals surface area contributed by atoms with Crippen molar-refractivity contribution < 1.29 is 5.11 Å². The van der Waals surface area contributed by atoms with Crippen LogP contribution in [0.1, 0.15) is 60.3 Å². The molecule has 1 unspecified atom stereocenters. The number of rotatable bonds is 10. The average Bonchev–Trinajstić information content (AvgIpc) is 2.20. The summed E-state index contributed by atoms with van der Waals surface area (Å²) in [5.41, 5.74) is 0. The highest BCUT2D eigenvalue weighted by Crippen LogP contribution is 2.08. The van der Waals surface area contributed by atoms with Crippen LogP contribution < -0.4 is 0 Å². The molecule has 0 aromatic rings. The second-order valence-corrected chi connectivity index (χ2v) is 6.20. The fourth-order valence-corrected chi connectivity index (χ4v) is 1.83. The van der Waals surface area contributed by atoms with Gasteiger partial charge in [-0.05, 0) is 64.1 Å². The van der Waals surface area contributed by atoms with E-state index < -0.39 is 0 Å². The van der Waals surface area contributed by atoms with Gasteiger partial charge in [-0.1, -0.05) is 27.7 Å². The highest BCUT2D eigenvalue weighted by atomic mass is 16.3. The third kappa shape index (κ3) is 12.2. The fraction of sp³-hybridized carbons (Fsp3) is 1.00. The van der Waals surface area contributed by atoms with E-state index in [-0.39, 0.29) is 6.10 Å². The molecule has 17 heavy (non-hydrogen) atoms. The number of hydrogen-bond acceptors (Lipinski definition) is 2. The molecule has 0 spiro atoms. The summed E-state index contributed by atoms with van der Waals surface area (Å²) in [6, 6.07) is 0. The molecule has 0 saturated carbocycles. The molecule has 0 rings (SSSR count). The van der Waals surface area contributed by atoms with E-state index in [0.29, 0.717) is 0 Å². The second kappa shape index (κ2) is 9.90. The minimum absolute atomic E-state index is 0.146. The van der Waals surface area contributed by atoms with Gasteiger partial charge in [0.15, 0.2) is 0 Å². The molecule has 0 radical (unpaired) electrons. The van der Waals surface area contributed by atoms with Crippen LogP contribution in [0.15, 0.2) is 0 Å². The lowest BCUT2D eigenvalue weighted by molar-refractivity contribution is 0.167. The van der Waals surface area contributed by atoms with Crippen molar-refractivity contribution in [3.63, 3.8) is 0 Å². The van der Waals surface area contributed by atoms with E-state index in [0.717, 1.165) is 31.2 Å². The van der Waals surface area contributed by atoms with Crippen LogP contribution in [0.25, 0.3) is 0 Å². The van der Waals surface area contributed by atoms with Gasteiger partial charge >= 0.3 is 0 Å². The van der Waals surface area contributed by atoms with Crippen molar-refractivity contribution in [1.29, 1.82) is 0 Å². The van der Waals surface area contributed by atoms with E-state index in [9.17, 15) is 5.11 Å². The normalized spacial score (nSPS) is 13.9. The third-order valence-corrected chi connectivity index (χ3v) is 3.14. The fourth-order valence-electron chi connectivity index (χ4n) is 1.83. The van der Waals surface area contributed by atoms with Gasteiger partial charge in [-0.25, -0.2) is 0 Å². The second-order valence-electron chi connectivity index (χ2n) is 6.20. The summed E-state index contributed by atoms with van der Waals surface area (Å²) in [7, 11) is 0. The van der Waals surface area contributed by atoms with Gasteiger partial charge in [-0.15, -0.1) is 0 Å². The molecule has 0 heterocycles. The Morgan fingerprint density at radius 3 is 1.59 bits per heavy atom. The highest BCUT2D eigenvalue weighted by molar-refractivity contribution is 4.62. The predicted molar refractivity (Wildman–Crippen MR) is 76.3 cm³/mol. The summed E-state index contributed by atoms with van der Waals surface area (Å²) in [4.78, 5) is 2.57. The Bertz CT molecular complexity index is 154. The molecule has 0 bridgehead atoms. The lowest BCUT2D eigenvalue weighted by Gasteiger charge is -2.24. The molecule has 0 fully saturated rings. The molecule has 0 saturated heterocycles. The van der Waals surface area contributed by atoms with Crippen LogP contribution in [0.4, 0.5) is 0 Å². The molecular formula is C15H33NO. The molecule has 0 aromatic heterocycles. The molecular weight excluding hydrogens is 210 g/mol. The number of hydrogen-bond donors (Lipinski definition) is 1. The largest absolute Gasteiger partial charge is 0.393 e. The van der Waals surface area contributed by atoms with E-state index in [1.54, 1.807) is 0 Å². The Hall–Kier alpha value is -0.0800. The van der Waals surface area contributed by atoms with Crippen LogP contribution in [-0.2, 0) is 0 Å². The minimum atomic E-state index is -0.146. The van der Waals surface area contributed by atoms with E-state index in [1.807, 2.05) is 6.92 Å². The summed E-state index contributed by atoms with van der Waals surface area (Å²) in [5.74, 6) is 1.57. The van der Waals surface area contributed by atoms with Gasteiger partial charge in [0.1, 0.15) is 0 Å². The third-order valence-electron chi connectivity index (χ3n) is 3.14. The predicted octanol–water partition coefficient (Wildman–Crippen LogP) is 3.54. The number of aliphatic hydroxyl groups excluding tert-OH is 1. The van der Waals surface area contributed by atoms with E-state index in [2.05, 4.69) is 32.6 Å². The van der Waals surface area contributed by atoms with Gasteiger partial charge in [0, 0.05) is 0 Å². The summed E-state index contributed by atoms with van der Waals surface area (Å²) in [6.45, 7) is 14.6. The van der Waals surface area contributed by atoms with Crippen LogP contribution in [0.3, 0.4) is 0 Å². The van der Waals surface area contributed by atoms with Crippen molar-refractivity contribution in [2.45, 2.75) is 66.4 Å². The first-order valence-corrected chi connectivity index (χ1v) is 7.32. The molecule has 2 heteroatoms. The summed E-state index contributed by atoms with van der Waals surface area (Å²) in [5, 5.41) is 9.28. The first-order chi connectivity index (χ1) is 7.91. The summed E-state index contributed by atoms with van der Waals surface area (Å²) < 4.78 is 0. The first-order valence-electron chi connectivity index (χ1n) is 7.32. The lowest BCUT2D eigenvalue weighted by atomic mass is 10.1. The standard InChI is InChI=1S/C15H33NO/c1-13(2)8-11-16(12-9-14(3)4)10-6-7-15(5)17/h13-15,17H,6-12H2,1-5H3. The quantitative estimate of drug-likeness (QED) is 0.634. The zero-order valence-electron chi connectivity index (χ0n) is 12.6. The maximum Gasteiger partial charge on any atom is 0.0512 e. The van der Waals surface area contributed by atoms with E-state index in [1.165, 1.54) is 25.9 Å². The van der Waals surface area contributed by atoms with Gasteiger partial charge in [-0.2, -0.15) is 0 Å². The van der Waals surface area contributed by atoms with Crippen LogP contribution in [0, 0.1) is 11.8 Å². The summed E-state index contributed by atoms with van der Waals surface area (Å²) >= 11 is 0. The zero-order valence-corrected chi connectivity index (χ0v) is 12.6. The lowest BCUT2D eigenvalue weighted by Crippen LogP contribution is -2.29. The topological polar surface area (TPSA) is 23.5 Å². The Kier molecular flexibility index (Phi) is 9.85. The van der Waals surface area contributed by atoms with E-state index >= 15 is 0 Å². The maximum atomic E-state index is 9.28. The SMILES string of the molecule is CC(C)CCN(CCCC(C)O)CCC(C)C. The van der Waals surface area contributed by atoms with Gasteiger partial charge in [0.2, 0.25) is 0 Å². The number of nitrogens with zero attached hydrogens (tertiary/aromatic N) is 1. The van der Waals surface area contributed by atoms with Gasteiger partial charge in [0.25, 0.3) is 0 Å². The average molecular weight is 243 g/mol. The Labute approximate surface area is 108 Å². The van der Waals surface area contributed by atoms with Crippen molar-refractivity contribution in [3.8, 4) is 0 Å². The Balaban J connectivity index is 3.84. The Morgan fingerprint density at radius 2 is 1.24 bits per heavy atom. The molecule has 1 N–H and O–H groups in total. The minimum Gasteiger partial charge on any atom is -0.393 e. The van der Waals surface area contributed by atoms with Crippen LogP contribution in [-0.4, -0.2) is 35.7 Å². The molecule has 0 aliphatic carbocycles. The zero-order chi connectivity index (χ0) is 13.3. The monoisotopic (exact) mass is 243 g/mol. The van der Waals surface area contributed by atoms with Crippen LogP contribution >= 0.6 is 0 Å². The molecule has 1 atom stereocenters. The van der Waals surface area contributed by atoms with Crippen LogP contribution in [0.5, 0.6) is 0 Å². The molecule has 2 nitrogen and oxygen atoms in total. The van der Waals surface area contributed by atoms with E-state index in [4.69, 9.17) is 0 Å². The molecule has 0 aromatic carbocycles. The highest BCUT2D eigenvalue weighted by Gasteiger charge is 2.07. The number of aliphatic hydroxyl groups is 1. The molecule has 104 valence electrons. The van der Waals surface area contributed by atoms with Crippen LogP contribution in [0.2, 0.25) is 0 Å². The summed E-state index contributed by atoms with van der Waals surface area (Å²) in [6.07, 6.45) is 4.47. The molecule has 0 aliphatic heterocycles. The van der Waals surface area contributed by atoms with Gasteiger partial charge < -0.3 is 10.0 Å². The van der Waals surface area contributed by atoms with Crippen molar-refractivity contribution in [2.75, 3.05) is 19.6 Å². The molecule has 0 amide bonds. The van der Waals surface area contributed by atoms with Crippen molar-refractivity contribution >= 4 is 0 Å². The first kappa shape index (κ1) is 16.9. The van der Waals surface area contributed by atoms with Gasteiger partial charge in [-0.3, -0.25) is 0 Å². The van der Waals surface area contributed by atoms with Crippen molar-refractivity contribution in [1.82, 2.24) is 4.90 Å². The molecule has 0 aliphatic rings. The maximum absolute atomic E-state index is 9.28. The Morgan fingerprint density at radius 1 is 0.765 bits per heavy atom. The van der Waals surface area contributed by atoms with Crippen molar-refractivity contribution in [3.05, 3.63) is 0 Å².